The summed E-state index contributed by atoms with van der Waals surface area (Å²) < 4.78 is 16.0. The number of benzene rings is 3. The first-order chi connectivity index (χ1) is 28.9. The molecule has 4 atom stereocenters. The van der Waals surface area contributed by atoms with Crippen molar-refractivity contribution >= 4 is 34.8 Å². The van der Waals surface area contributed by atoms with Gasteiger partial charge >= 0.3 is 12.2 Å². The normalized spacial score (nSPS) is 18.2. The highest BCUT2D eigenvalue weighted by Crippen LogP contribution is 2.44. The first-order valence-corrected chi connectivity index (χ1v) is 20.7. The van der Waals surface area contributed by atoms with Gasteiger partial charge in [-0.3, -0.25) is 9.59 Å². The van der Waals surface area contributed by atoms with Crippen LogP contribution in [-0.4, -0.2) is 93.1 Å². The molecule has 5 aromatic rings. The van der Waals surface area contributed by atoms with Crippen LogP contribution in [0.5, 0.6) is 5.75 Å². The summed E-state index contributed by atoms with van der Waals surface area (Å²) in [5, 5.41) is 7.44. The molecular weight excluding hydrogens is 765 g/mol. The number of alkyl carbamates (subject to hydrolysis) is 2. The molecule has 1 unspecified atom stereocenters. The van der Waals surface area contributed by atoms with Crippen LogP contribution >= 0.6 is 0 Å². The third-order valence-electron chi connectivity index (χ3n) is 12.0. The van der Waals surface area contributed by atoms with Crippen LogP contribution in [0.4, 0.5) is 9.59 Å². The van der Waals surface area contributed by atoms with Gasteiger partial charge in [0.15, 0.2) is 0 Å². The van der Waals surface area contributed by atoms with Gasteiger partial charge in [0.05, 0.1) is 50.1 Å². The van der Waals surface area contributed by atoms with Gasteiger partial charge in [-0.15, -0.1) is 0 Å². The molecule has 0 aliphatic carbocycles. The summed E-state index contributed by atoms with van der Waals surface area (Å²) in [5.41, 5.74) is 6.81. The fourth-order valence-electron chi connectivity index (χ4n) is 8.82. The molecule has 2 aromatic heterocycles. The lowest BCUT2D eigenvalue weighted by atomic mass is 9.92. The Morgan fingerprint density at radius 1 is 0.717 bits per heavy atom. The third kappa shape index (κ3) is 7.64. The zero-order valence-corrected chi connectivity index (χ0v) is 34.8. The van der Waals surface area contributed by atoms with Crippen LogP contribution in [0.2, 0.25) is 0 Å². The second-order valence-corrected chi connectivity index (χ2v) is 16.5. The summed E-state index contributed by atoms with van der Waals surface area (Å²) in [6, 6.07) is 15.0. The minimum atomic E-state index is -0.698. The molecule has 3 aliphatic heterocycles. The van der Waals surface area contributed by atoms with E-state index in [0.717, 1.165) is 81.4 Å². The number of H-pyrrole nitrogens is 2. The molecule has 4 N–H and O–H groups in total. The monoisotopic (exact) mass is 816 g/mol. The van der Waals surface area contributed by atoms with Gasteiger partial charge in [0.25, 0.3) is 0 Å². The molecule has 0 bridgehead atoms. The number of nitrogens with zero attached hydrogens (tertiary/aromatic N) is 4. The van der Waals surface area contributed by atoms with Crippen molar-refractivity contribution < 1.29 is 33.4 Å². The first-order valence-electron chi connectivity index (χ1n) is 20.7. The number of ether oxygens (including phenoxy) is 3. The molecule has 15 heteroatoms. The maximum Gasteiger partial charge on any atom is 0.407 e. The SMILES string of the molecule is COC(=O)NC(C(=O)N1CCC[C@H]1c1ncc(-c2ccc3c4c(ccc3c2)-c2ccc(-c3cnc([C@@H]5CCCN5C(=O)[C@@H](NC(=O)OC)C(C)C)[nH]3)cc2CO4)[nH]1)C(C)C. The largest absolute Gasteiger partial charge is 0.488 e. The smallest absolute Gasteiger partial charge is 0.407 e. The highest BCUT2D eigenvalue weighted by molar-refractivity contribution is 5.98. The third-order valence-corrected chi connectivity index (χ3v) is 12.0. The van der Waals surface area contributed by atoms with Crippen molar-refractivity contribution in [3.05, 3.63) is 78.1 Å². The lowest BCUT2D eigenvalue weighted by Crippen LogP contribution is -2.51. The Morgan fingerprint density at radius 3 is 1.77 bits per heavy atom. The number of imidazole rings is 2. The number of aromatic amines is 2. The van der Waals surface area contributed by atoms with Gasteiger partial charge in [0.1, 0.15) is 36.1 Å². The van der Waals surface area contributed by atoms with Crippen LogP contribution in [0.15, 0.2) is 60.9 Å². The van der Waals surface area contributed by atoms with E-state index in [9.17, 15) is 19.2 Å². The fraction of sp³-hybridized carbons (Fsp3) is 0.422. The molecule has 4 amide bonds. The Labute approximate surface area is 348 Å². The van der Waals surface area contributed by atoms with Crippen LogP contribution in [0.25, 0.3) is 44.4 Å². The average Bonchev–Trinajstić information content (AvgIpc) is 4.10. The van der Waals surface area contributed by atoms with Crippen LogP contribution in [0.3, 0.4) is 0 Å². The molecule has 8 rings (SSSR count). The van der Waals surface area contributed by atoms with Gasteiger partial charge in [-0.1, -0.05) is 58.0 Å². The number of amides is 4. The minimum Gasteiger partial charge on any atom is -0.488 e. The molecule has 3 aliphatic rings. The van der Waals surface area contributed by atoms with Crippen LogP contribution < -0.4 is 15.4 Å². The fourth-order valence-corrected chi connectivity index (χ4v) is 8.82. The van der Waals surface area contributed by atoms with E-state index >= 15 is 0 Å². The predicted molar refractivity (Wildman–Crippen MR) is 225 cm³/mol. The van der Waals surface area contributed by atoms with E-state index in [1.54, 1.807) is 0 Å². The van der Waals surface area contributed by atoms with E-state index < -0.39 is 24.3 Å². The van der Waals surface area contributed by atoms with Crippen molar-refractivity contribution in [1.82, 2.24) is 40.4 Å². The highest BCUT2D eigenvalue weighted by Gasteiger charge is 2.39. The van der Waals surface area contributed by atoms with E-state index in [1.807, 2.05) is 49.9 Å². The van der Waals surface area contributed by atoms with Crippen molar-refractivity contribution in [2.45, 2.75) is 84.2 Å². The van der Waals surface area contributed by atoms with E-state index in [0.29, 0.717) is 31.3 Å². The molecular formula is C45H52N8O7. The van der Waals surface area contributed by atoms with Crippen molar-refractivity contribution in [1.29, 1.82) is 0 Å². The summed E-state index contributed by atoms with van der Waals surface area (Å²) in [7, 11) is 2.58. The van der Waals surface area contributed by atoms with Crippen molar-refractivity contribution in [3.8, 4) is 39.4 Å². The number of likely N-dealkylation sites (tertiary alicyclic amines) is 2. The Balaban J connectivity index is 0.985. The summed E-state index contributed by atoms with van der Waals surface area (Å²) in [5.74, 6) is 1.75. The van der Waals surface area contributed by atoms with Gasteiger partial charge in [0.2, 0.25) is 11.8 Å². The number of fused-ring (bicyclic) bond motifs is 5. The molecule has 60 heavy (non-hydrogen) atoms. The molecule has 2 saturated heterocycles. The van der Waals surface area contributed by atoms with Crippen LogP contribution in [0, 0.1) is 11.8 Å². The second kappa shape index (κ2) is 16.7. The van der Waals surface area contributed by atoms with Gasteiger partial charge in [-0.2, -0.15) is 0 Å². The average molecular weight is 817 g/mol. The van der Waals surface area contributed by atoms with Crippen molar-refractivity contribution in [3.63, 3.8) is 0 Å². The van der Waals surface area contributed by atoms with Crippen LogP contribution in [-0.2, 0) is 25.7 Å². The van der Waals surface area contributed by atoms with Gasteiger partial charge < -0.3 is 44.6 Å². The number of nitrogens with one attached hydrogen (secondary N) is 4. The van der Waals surface area contributed by atoms with Crippen molar-refractivity contribution in [2.75, 3.05) is 27.3 Å². The molecule has 0 saturated carbocycles. The Morgan fingerprint density at radius 2 is 1.23 bits per heavy atom. The predicted octanol–water partition coefficient (Wildman–Crippen LogP) is 7.27. The quantitative estimate of drug-likeness (QED) is 0.113. The summed E-state index contributed by atoms with van der Waals surface area (Å²) in [4.78, 5) is 71.3. The molecule has 2 fully saturated rings. The van der Waals surface area contributed by atoms with Gasteiger partial charge in [-0.25, -0.2) is 19.6 Å². The maximum absolute atomic E-state index is 13.6. The second-order valence-electron chi connectivity index (χ2n) is 16.5. The zero-order valence-electron chi connectivity index (χ0n) is 34.8. The Kier molecular flexibility index (Phi) is 11.2. The number of carbonyl (C=O) groups is 4. The molecule has 3 aromatic carbocycles. The number of rotatable bonds is 10. The first kappa shape index (κ1) is 40.4. The summed E-state index contributed by atoms with van der Waals surface area (Å²) >= 11 is 0. The highest BCUT2D eigenvalue weighted by atomic mass is 16.5. The Bertz CT molecular complexity index is 2440. The number of methoxy groups -OCH3 is 2. The lowest BCUT2D eigenvalue weighted by molar-refractivity contribution is -0.136. The minimum absolute atomic E-state index is 0.114. The number of hydrogen-bond acceptors (Lipinski definition) is 9. The Hall–Kier alpha value is -6.38. The van der Waals surface area contributed by atoms with Crippen LogP contribution in [0.1, 0.15) is 82.7 Å². The molecule has 0 spiro atoms. The number of aromatic nitrogens is 4. The topological polar surface area (TPSA) is 184 Å². The molecule has 15 nitrogen and oxygen atoms in total. The molecule has 5 heterocycles. The maximum atomic E-state index is 13.6. The summed E-state index contributed by atoms with van der Waals surface area (Å²) in [6.07, 6.45) is 5.59. The van der Waals surface area contributed by atoms with Crippen molar-refractivity contribution in [2.24, 2.45) is 11.8 Å². The standard InChI is InChI=1S/C45H52N8O7/c1-24(2)37(50-44(56)58-5)42(54)52-17-7-9-35(52)40-46-21-33(48-40)27-13-15-31-26(19-27)11-16-32-30-14-12-28(20-29(30)23-60-39(31)32)34-22-47-41(49-34)36-10-8-18-53(36)43(55)38(25(3)4)51-45(57)59-6/h11-16,19-22,24-25,35-38H,7-10,17-18,23H2,1-6H3,(H,46,48)(H,47,49)(H,50,56)(H,51,57)/t35-,36-,37?,38-/m0/s1. The van der Waals surface area contributed by atoms with E-state index in [1.165, 1.54) is 14.2 Å². The van der Waals surface area contributed by atoms with Gasteiger partial charge in [-0.05, 0) is 77.8 Å². The van der Waals surface area contributed by atoms with E-state index in [4.69, 9.17) is 24.2 Å². The zero-order chi connectivity index (χ0) is 42.2. The number of carbonyl (C=O) groups excluding carboxylic acids is 4. The lowest BCUT2D eigenvalue weighted by Gasteiger charge is -2.30. The van der Waals surface area contributed by atoms with E-state index in [2.05, 4.69) is 69.1 Å². The number of hydrogen-bond donors (Lipinski definition) is 4. The molecule has 314 valence electrons. The molecule has 0 radical (unpaired) electrons. The van der Waals surface area contributed by atoms with Gasteiger partial charge in [0, 0.05) is 29.6 Å². The summed E-state index contributed by atoms with van der Waals surface area (Å²) in [6.45, 7) is 9.18. The van der Waals surface area contributed by atoms with E-state index in [-0.39, 0.29) is 35.7 Å².